The Kier molecular flexibility index (Phi) is 5.31. The molecule has 9 heteroatoms. The van der Waals surface area contributed by atoms with Gasteiger partial charge in [0.25, 0.3) is 11.3 Å². The molecule has 0 aliphatic rings. The van der Waals surface area contributed by atoms with Gasteiger partial charge in [-0.3, -0.25) is 14.1 Å². The molecule has 102 valence electrons. The number of ether oxygens (including phenoxy) is 1. The van der Waals surface area contributed by atoms with Crippen LogP contribution in [-0.4, -0.2) is 27.7 Å². The zero-order valence-corrected chi connectivity index (χ0v) is 11.0. The maximum Gasteiger partial charge on any atom is 0.259 e. The van der Waals surface area contributed by atoms with Crippen molar-refractivity contribution in [1.29, 1.82) is 0 Å². The second-order valence-corrected chi connectivity index (χ2v) is 4.21. The van der Waals surface area contributed by atoms with Crippen LogP contribution >= 0.6 is 0 Å². The van der Waals surface area contributed by atoms with Crippen LogP contribution in [0.3, 0.4) is 0 Å². The number of carbonyl (C=O) groups is 1. The van der Waals surface area contributed by atoms with Crippen molar-refractivity contribution in [1.82, 2.24) is 0 Å². The number of azide groups is 1. The van der Waals surface area contributed by atoms with Gasteiger partial charge in [-0.15, -0.1) is 0 Å². The summed E-state index contributed by atoms with van der Waals surface area (Å²) in [7, 11) is 1.39. The predicted octanol–water partition coefficient (Wildman–Crippen LogP) is 2.13. The van der Waals surface area contributed by atoms with E-state index in [9.17, 15) is 9.00 Å². The Morgan fingerprint density at radius 2 is 2.32 bits per heavy atom. The molecular formula is C10H12N4O4S. The summed E-state index contributed by atoms with van der Waals surface area (Å²) in [6.07, 6.45) is 0. The monoisotopic (exact) mass is 284 g/mol. The molecule has 2 atom stereocenters. The number of ketones is 1. The van der Waals surface area contributed by atoms with Gasteiger partial charge in [0.2, 0.25) is 0 Å². The molecule has 0 fully saturated rings. The maximum absolute atomic E-state index is 11.9. The minimum absolute atomic E-state index is 0.197. The first-order valence-electron chi connectivity index (χ1n) is 5.13. The molecule has 2 unspecified atom stereocenters. The smallest absolute Gasteiger partial charge is 0.259 e. The largest absolute Gasteiger partial charge is 0.495 e. The molecule has 0 aromatic heterocycles. The number of anilines is 1. The van der Waals surface area contributed by atoms with Gasteiger partial charge in [0, 0.05) is 10.5 Å². The number of hydrogen-bond acceptors (Lipinski definition) is 4. The number of carbonyl (C=O) groups excluding carboxylic acids is 1. The molecule has 0 radical (unpaired) electrons. The van der Waals surface area contributed by atoms with Crippen LogP contribution in [0.5, 0.6) is 5.75 Å². The minimum Gasteiger partial charge on any atom is -0.495 e. The van der Waals surface area contributed by atoms with Crippen molar-refractivity contribution in [3.05, 3.63) is 34.2 Å². The van der Waals surface area contributed by atoms with Crippen LogP contribution in [0.15, 0.2) is 23.3 Å². The number of methoxy groups -OCH3 is 1. The Morgan fingerprint density at radius 3 is 2.84 bits per heavy atom. The Hall–Kier alpha value is -2.09. The zero-order valence-electron chi connectivity index (χ0n) is 10.2. The molecule has 0 saturated heterocycles. The van der Waals surface area contributed by atoms with Crippen LogP contribution in [0, 0.1) is 0 Å². The van der Waals surface area contributed by atoms with Crippen molar-refractivity contribution >= 4 is 22.7 Å². The van der Waals surface area contributed by atoms with Crippen LogP contribution in [-0.2, 0) is 11.3 Å². The number of hydrogen-bond donors (Lipinski definition) is 2. The molecule has 0 aliphatic carbocycles. The highest BCUT2D eigenvalue weighted by Gasteiger charge is 2.16. The van der Waals surface area contributed by atoms with Crippen molar-refractivity contribution in [3.8, 4) is 5.75 Å². The molecule has 1 rings (SSSR count). The Labute approximate surface area is 111 Å². The average Bonchev–Trinajstić information content (AvgIpc) is 2.37. The highest BCUT2D eigenvalue weighted by molar-refractivity contribution is 7.80. The van der Waals surface area contributed by atoms with Gasteiger partial charge < -0.3 is 4.74 Å². The molecule has 0 amide bonds. The van der Waals surface area contributed by atoms with Gasteiger partial charge >= 0.3 is 0 Å². The first-order chi connectivity index (χ1) is 8.99. The molecule has 0 heterocycles. The lowest BCUT2D eigenvalue weighted by Gasteiger charge is -2.11. The van der Waals surface area contributed by atoms with E-state index in [1.165, 1.54) is 32.2 Å². The van der Waals surface area contributed by atoms with Gasteiger partial charge in [-0.25, -0.2) is 4.21 Å². The standard InChI is InChI=1S/C10H12N4O4S/c1-6(12-14-11)10(15)7-3-4-9(18-2)8(5-7)13-19(16)17/h3-6,13H,1-2H3,(H,16,17). The lowest BCUT2D eigenvalue weighted by Crippen LogP contribution is -2.14. The summed E-state index contributed by atoms with van der Waals surface area (Å²) in [5.41, 5.74) is 8.73. The van der Waals surface area contributed by atoms with Crippen molar-refractivity contribution in [2.45, 2.75) is 13.0 Å². The number of rotatable bonds is 6. The van der Waals surface area contributed by atoms with E-state index in [-0.39, 0.29) is 11.3 Å². The third kappa shape index (κ3) is 3.95. The molecule has 19 heavy (non-hydrogen) atoms. The van der Waals surface area contributed by atoms with Gasteiger partial charge in [-0.1, -0.05) is 5.11 Å². The van der Waals surface area contributed by atoms with Gasteiger partial charge in [0.05, 0.1) is 18.8 Å². The molecule has 2 N–H and O–H groups in total. The molecule has 1 aromatic carbocycles. The summed E-state index contributed by atoms with van der Waals surface area (Å²) in [4.78, 5) is 14.5. The van der Waals surface area contributed by atoms with Crippen molar-refractivity contribution in [2.24, 2.45) is 5.11 Å². The fourth-order valence-electron chi connectivity index (χ4n) is 1.41. The van der Waals surface area contributed by atoms with Gasteiger partial charge in [0.1, 0.15) is 5.75 Å². The molecule has 1 aromatic rings. The Bertz CT molecular complexity index is 556. The summed E-state index contributed by atoms with van der Waals surface area (Å²) in [6.45, 7) is 1.46. The van der Waals surface area contributed by atoms with Gasteiger partial charge in [-0.05, 0) is 30.7 Å². The van der Waals surface area contributed by atoms with Gasteiger partial charge in [0.15, 0.2) is 5.78 Å². The van der Waals surface area contributed by atoms with Crippen molar-refractivity contribution in [3.63, 3.8) is 0 Å². The first kappa shape index (κ1) is 15.0. The minimum atomic E-state index is -2.29. The summed E-state index contributed by atoms with van der Waals surface area (Å²) >= 11 is -2.29. The van der Waals surface area contributed by atoms with E-state index in [1.54, 1.807) is 0 Å². The second kappa shape index (κ2) is 6.74. The van der Waals surface area contributed by atoms with E-state index >= 15 is 0 Å². The summed E-state index contributed by atoms with van der Waals surface area (Å²) < 4.78 is 26.8. The molecule has 0 aliphatic heterocycles. The Morgan fingerprint density at radius 1 is 1.63 bits per heavy atom. The van der Waals surface area contributed by atoms with Crippen LogP contribution in [0.1, 0.15) is 17.3 Å². The number of Topliss-reactive ketones (excluding diaryl/α,β-unsaturated/α-hetero) is 1. The number of nitrogens with one attached hydrogen (secondary N) is 1. The first-order valence-corrected chi connectivity index (χ1v) is 6.24. The van der Waals surface area contributed by atoms with E-state index in [2.05, 4.69) is 14.7 Å². The number of benzene rings is 1. The van der Waals surface area contributed by atoms with E-state index < -0.39 is 23.1 Å². The summed E-state index contributed by atoms with van der Waals surface area (Å²) in [5.74, 6) is -0.0809. The van der Waals surface area contributed by atoms with E-state index in [0.29, 0.717) is 5.75 Å². The quantitative estimate of drug-likeness (QED) is 0.273. The van der Waals surface area contributed by atoms with Crippen LogP contribution < -0.4 is 9.46 Å². The zero-order chi connectivity index (χ0) is 14.4. The summed E-state index contributed by atoms with van der Waals surface area (Å²) in [5, 5.41) is 3.30. The van der Waals surface area contributed by atoms with E-state index in [4.69, 9.17) is 14.8 Å². The second-order valence-electron chi connectivity index (χ2n) is 3.51. The van der Waals surface area contributed by atoms with Crippen molar-refractivity contribution < 1.29 is 18.3 Å². The third-order valence-corrected chi connectivity index (χ3v) is 2.68. The number of nitrogens with zero attached hydrogens (tertiary/aromatic N) is 3. The average molecular weight is 284 g/mol. The van der Waals surface area contributed by atoms with Crippen LogP contribution in [0.25, 0.3) is 10.4 Å². The lowest BCUT2D eigenvalue weighted by atomic mass is 10.1. The molecule has 8 nitrogen and oxygen atoms in total. The normalized spacial score (nSPS) is 13.0. The molecular weight excluding hydrogens is 272 g/mol. The predicted molar refractivity (Wildman–Crippen MR) is 70.3 cm³/mol. The highest BCUT2D eigenvalue weighted by atomic mass is 32.2. The maximum atomic E-state index is 11.9. The SMILES string of the molecule is COc1ccc(C(=O)C(C)N=[N+]=[N-])cc1NS(=O)O. The van der Waals surface area contributed by atoms with E-state index in [0.717, 1.165) is 0 Å². The van der Waals surface area contributed by atoms with Crippen molar-refractivity contribution in [2.75, 3.05) is 11.8 Å². The summed E-state index contributed by atoms with van der Waals surface area (Å²) in [6, 6.07) is 3.46. The van der Waals surface area contributed by atoms with Gasteiger partial charge in [-0.2, -0.15) is 0 Å². The lowest BCUT2D eigenvalue weighted by molar-refractivity contribution is 0.0968. The molecule has 0 spiro atoms. The fourth-order valence-corrected chi connectivity index (χ4v) is 1.75. The fraction of sp³-hybridized carbons (Fsp3) is 0.300. The third-order valence-electron chi connectivity index (χ3n) is 2.29. The highest BCUT2D eigenvalue weighted by Crippen LogP contribution is 2.26. The molecule has 0 saturated carbocycles. The Balaban J connectivity index is 3.13. The van der Waals surface area contributed by atoms with Crippen LogP contribution in [0.4, 0.5) is 5.69 Å². The molecule has 0 bridgehead atoms. The topological polar surface area (TPSA) is 124 Å². The van der Waals surface area contributed by atoms with Crippen LogP contribution in [0.2, 0.25) is 0 Å². The van der Waals surface area contributed by atoms with E-state index in [1.807, 2.05) is 0 Å².